The number of thiazole rings is 1. The molecule has 0 aliphatic heterocycles. The molecule has 7 heteroatoms. The number of carboxylic acid groups (broad SMARTS) is 1. The number of thiophene rings is 1. The Kier molecular flexibility index (Phi) is 4.23. The summed E-state index contributed by atoms with van der Waals surface area (Å²) >= 11 is 15.1. The van der Waals surface area contributed by atoms with Crippen LogP contribution in [0.3, 0.4) is 0 Å². The summed E-state index contributed by atoms with van der Waals surface area (Å²) in [5.74, 6) is -0.956. The van der Waals surface area contributed by atoms with E-state index in [1.54, 1.807) is 18.2 Å². The predicted molar refractivity (Wildman–Crippen MR) is 92.6 cm³/mol. The maximum absolute atomic E-state index is 11.1. The monoisotopic (exact) mass is 369 g/mol. The van der Waals surface area contributed by atoms with Gasteiger partial charge >= 0.3 is 5.97 Å². The van der Waals surface area contributed by atoms with E-state index in [1.807, 2.05) is 18.4 Å². The molecule has 0 atom stereocenters. The van der Waals surface area contributed by atoms with Gasteiger partial charge in [-0.25, -0.2) is 9.78 Å². The van der Waals surface area contributed by atoms with E-state index in [0.29, 0.717) is 8.67 Å². The Balaban J connectivity index is 2.04. The van der Waals surface area contributed by atoms with Gasteiger partial charge in [-0.2, -0.15) is 0 Å². The quantitative estimate of drug-likeness (QED) is 0.629. The Morgan fingerprint density at radius 2 is 2.05 bits per heavy atom. The van der Waals surface area contributed by atoms with Gasteiger partial charge < -0.3 is 5.11 Å². The third-order valence-electron chi connectivity index (χ3n) is 3.16. The van der Waals surface area contributed by atoms with Crippen molar-refractivity contribution in [3.05, 3.63) is 49.4 Å². The summed E-state index contributed by atoms with van der Waals surface area (Å²) in [6, 6.07) is 6.71. The molecule has 0 radical (unpaired) electrons. The zero-order chi connectivity index (χ0) is 15.9. The number of nitrogens with zero attached hydrogens (tertiary/aromatic N) is 1. The van der Waals surface area contributed by atoms with Gasteiger partial charge in [0, 0.05) is 16.5 Å². The molecule has 112 valence electrons. The summed E-state index contributed by atoms with van der Waals surface area (Å²) < 4.78 is 1.26. The summed E-state index contributed by atoms with van der Waals surface area (Å²) in [5.41, 5.74) is 3.51. The Morgan fingerprint density at radius 1 is 1.27 bits per heavy atom. The van der Waals surface area contributed by atoms with Crippen LogP contribution in [0.1, 0.15) is 15.9 Å². The van der Waals surface area contributed by atoms with Gasteiger partial charge in [0.05, 0.1) is 15.6 Å². The van der Waals surface area contributed by atoms with Crippen LogP contribution in [-0.2, 0) is 0 Å². The van der Waals surface area contributed by atoms with Gasteiger partial charge in [0.2, 0.25) is 0 Å². The average molecular weight is 370 g/mol. The second-order valence-electron chi connectivity index (χ2n) is 4.57. The van der Waals surface area contributed by atoms with Crippen LogP contribution in [0.2, 0.25) is 8.67 Å². The number of carbonyl (C=O) groups is 1. The first-order valence-electron chi connectivity index (χ1n) is 6.21. The third kappa shape index (κ3) is 2.77. The average Bonchev–Trinajstić information content (AvgIpc) is 3.05. The van der Waals surface area contributed by atoms with Gasteiger partial charge in [0.1, 0.15) is 9.34 Å². The highest BCUT2D eigenvalue weighted by Gasteiger charge is 2.17. The SMILES string of the molecule is Cc1c(Cl)sc(Cl)c1-c1csc(-c2cccc(C(=O)O)c2)n1. The van der Waals surface area contributed by atoms with Crippen molar-refractivity contribution in [1.29, 1.82) is 0 Å². The van der Waals surface area contributed by atoms with E-state index in [9.17, 15) is 4.79 Å². The van der Waals surface area contributed by atoms with E-state index in [2.05, 4.69) is 4.98 Å². The molecule has 3 nitrogen and oxygen atoms in total. The second kappa shape index (κ2) is 6.01. The van der Waals surface area contributed by atoms with Crippen LogP contribution in [0, 0.1) is 6.92 Å². The molecule has 22 heavy (non-hydrogen) atoms. The molecule has 1 N–H and O–H groups in total. The molecule has 0 saturated heterocycles. The second-order valence-corrected chi connectivity index (χ2v) is 7.66. The molecule has 0 spiro atoms. The van der Waals surface area contributed by atoms with Gasteiger partial charge in [0.25, 0.3) is 0 Å². The number of rotatable bonds is 3. The molecule has 0 amide bonds. The molecule has 0 bridgehead atoms. The molecule has 0 aliphatic rings. The largest absolute Gasteiger partial charge is 0.478 e. The fraction of sp³-hybridized carbons (Fsp3) is 0.0667. The van der Waals surface area contributed by atoms with Crippen molar-refractivity contribution in [3.8, 4) is 21.8 Å². The molecule has 0 saturated carbocycles. The summed E-state index contributed by atoms with van der Waals surface area (Å²) in [7, 11) is 0. The van der Waals surface area contributed by atoms with E-state index in [0.717, 1.165) is 27.4 Å². The first kappa shape index (κ1) is 15.5. The minimum Gasteiger partial charge on any atom is -0.478 e. The lowest BCUT2D eigenvalue weighted by Crippen LogP contribution is -1.95. The van der Waals surface area contributed by atoms with Crippen LogP contribution in [0.15, 0.2) is 29.6 Å². The van der Waals surface area contributed by atoms with Gasteiger partial charge in [-0.1, -0.05) is 35.3 Å². The Labute approximate surface area is 144 Å². The number of hydrogen-bond donors (Lipinski definition) is 1. The standard InChI is InChI=1S/C15H9Cl2NO2S2/c1-7-11(13(17)22-12(7)16)10-6-21-14(18-10)8-3-2-4-9(5-8)15(19)20/h2-6H,1H3,(H,19,20). The van der Waals surface area contributed by atoms with E-state index in [-0.39, 0.29) is 5.56 Å². The van der Waals surface area contributed by atoms with Crippen molar-refractivity contribution >= 4 is 51.8 Å². The zero-order valence-electron chi connectivity index (χ0n) is 11.3. The lowest BCUT2D eigenvalue weighted by Gasteiger charge is -1.99. The zero-order valence-corrected chi connectivity index (χ0v) is 14.4. The number of halogens is 2. The first-order valence-corrected chi connectivity index (χ1v) is 8.66. The molecule has 0 fully saturated rings. The summed E-state index contributed by atoms with van der Waals surface area (Å²) in [4.78, 5) is 15.6. The van der Waals surface area contributed by atoms with Crippen molar-refractivity contribution in [2.24, 2.45) is 0 Å². The van der Waals surface area contributed by atoms with Crippen LogP contribution in [0.5, 0.6) is 0 Å². The maximum atomic E-state index is 11.1. The molecule has 3 rings (SSSR count). The van der Waals surface area contributed by atoms with Crippen LogP contribution >= 0.6 is 45.9 Å². The highest BCUT2D eigenvalue weighted by Crippen LogP contribution is 2.43. The van der Waals surface area contributed by atoms with Crippen molar-refractivity contribution in [1.82, 2.24) is 4.98 Å². The van der Waals surface area contributed by atoms with Crippen LogP contribution in [0.4, 0.5) is 0 Å². The van der Waals surface area contributed by atoms with Gasteiger partial charge in [-0.3, -0.25) is 0 Å². The maximum Gasteiger partial charge on any atom is 0.335 e. The van der Waals surface area contributed by atoms with Gasteiger partial charge in [-0.05, 0) is 24.6 Å². The number of aromatic carboxylic acids is 1. The number of aromatic nitrogens is 1. The Hall–Kier alpha value is -1.40. The molecule has 0 aliphatic carbocycles. The molecule has 1 aromatic carbocycles. The normalized spacial score (nSPS) is 10.9. The van der Waals surface area contributed by atoms with Gasteiger partial charge in [0.15, 0.2) is 0 Å². The molecular formula is C15H9Cl2NO2S2. The summed E-state index contributed by atoms with van der Waals surface area (Å²) in [6.07, 6.45) is 0. The van der Waals surface area contributed by atoms with E-state index >= 15 is 0 Å². The topological polar surface area (TPSA) is 50.2 Å². The first-order chi connectivity index (χ1) is 10.5. The number of hydrogen-bond acceptors (Lipinski definition) is 4. The molecule has 2 heterocycles. The molecule has 0 unspecified atom stereocenters. The highest BCUT2D eigenvalue weighted by atomic mass is 35.5. The smallest absolute Gasteiger partial charge is 0.335 e. The van der Waals surface area contributed by atoms with E-state index < -0.39 is 5.97 Å². The Bertz CT molecular complexity index is 870. The minimum atomic E-state index is -0.956. The van der Waals surface area contributed by atoms with Crippen LogP contribution in [-0.4, -0.2) is 16.1 Å². The summed E-state index contributed by atoms with van der Waals surface area (Å²) in [6.45, 7) is 1.91. The Morgan fingerprint density at radius 3 is 2.68 bits per heavy atom. The minimum absolute atomic E-state index is 0.238. The molecule has 3 aromatic rings. The van der Waals surface area contributed by atoms with Crippen LogP contribution < -0.4 is 0 Å². The van der Waals surface area contributed by atoms with Crippen molar-refractivity contribution < 1.29 is 9.90 Å². The van der Waals surface area contributed by atoms with Gasteiger partial charge in [-0.15, -0.1) is 22.7 Å². The predicted octanol–water partition coefficient (Wildman–Crippen LogP) is 5.85. The molecular weight excluding hydrogens is 361 g/mol. The lowest BCUT2D eigenvalue weighted by molar-refractivity contribution is 0.0697. The lowest BCUT2D eigenvalue weighted by atomic mass is 10.1. The fourth-order valence-electron chi connectivity index (χ4n) is 2.05. The summed E-state index contributed by atoms with van der Waals surface area (Å²) in [5, 5.41) is 11.7. The van der Waals surface area contributed by atoms with Crippen molar-refractivity contribution in [2.75, 3.05) is 0 Å². The number of benzene rings is 1. The number of carboxylic acids is 1. The highest BCUT2D eigenvalue weighted by molar-refractivity contribution is 7.20. The van der Waals surface area contributed by atoms with Crippen molar-refractivity contribution in [2.45, 2.75) is 6.92 Å². The van der Waals surface area contributed by atoms with E-state index in [4.69, 9.17) is 28.3 Å². The van der Waals surface area contributed by atoms with Crippen molar-refractivity contribution in [3.63, 3.8) is 0 Å². The fourth-order valence-corrected chi connectivity index (χ4v) is 4.55. The van der Waals surface area contributed by atoms with Crippen LogP contribution in [0.25, 0.3) is 21.8 Å². The molecule has 2 aromatic heterocycles. The van der Waals surface area contributed by atoms with E-state index in [1.165, 1.54) is 22.7 Å². The third-order valence-corrected chi connectivity index (χ3v) is 5.86.